The van der Waals surface area contributed by atoms with Gasteiger partial charge in [0.1, 0.15) is 5.75 Å². The van der Waals surface area contributed by atoms with Gasteiger partial charge in [0.15, 0.2) is 6.29 Å². The minimum Gasteiger partial charge on any atom is -0.494 e. The predicted octanol–water partition coefficient (Wildman–Crippen LogP) is 4.35. The zero-order valence-corrected chi connectivity index (χ0v) is 15.2. The SMILES string of the molecule is CCOC(=O)c1ccc(OCCCCCCOC2CCCCO2)cc1. The molecule has 0 aromatic heterocycles. The van der Waals surface area contributed by atoms with Crippen molar-refractivity contribution in [1.29, 1.82) is 0 Å². The van der Waals surface area contributed by atoms with Crippen LogP contribution in [-0.4, -0.2) is 38.7 Å². The Balaban J connectivity index is 1.48. The summed E-state index contributed by atoms with van der Waals surface area (Å²) in [7, 11) is 0. The number of ether oxygens (including phenoxy) is 4. The number of benzene rings is 1. The molecule has 0 radical (unpaired) electrons. The summed E-state index contributed by atoms with van der Waals surface area (Å²) in [5.41, 5.74) is 0.552. The van der Waals surface area contributed by atoms with Gasteiger partial charge in [-0.2, -0.15) is 0 Å². The molecule has 1 unspecified atom stereocenters. The minimum atomic E-state index is -0.296. The number of esters is 1. The Hall–Kier alpha value is -1.59. The molecule has 5 heteroatoms. The Morgan fingerprint density at radius 1 is 1.08 bits per heavy atom. The average molecular weight is 350 g/mol. The van der Waals surface area contributed by atoms with Gasteiger partial charge in [-0.05, 0) is 69.7 Å². The molecule has 25 heavy (non-hydrogen) atoms. The van der Waals surface area contributed by atoms with Gasteiger partial charge in [-0.15, -0.1) is 0 Å². The first-order valence-electron chi connectivity index (χ1n) is 9.43. The van der Waals surface area contributed by atoms with E-state index in [-0.39, 0.29) is 12.3 Å². The third-order valence-electron chi connectivity index (χ3n) is 4.11. The Bertz CT molecular complexity index is 479. The molecule has 0 N–H and O–H groups in total. The second-order valence-electron chi connectivity index (χ2n) is 6.17. The second kappa shape index (κ2) is 11.9. The lowest BCUT2D eigenvalue weighted by atomic mass is 10.2. The highest BCUT2D eigenvalue weighted by Crippen LogP contribution is 2.15. The highest BCUT2D eigenvalue weighted by molar-refractivity contribution is 5.89. The number of unbranched alkanes of at least 4 members (excludes halogenated alkanes) is 3. The number of carbonyl (C=O) groups is 1. The van der Waals surface area contributed by atoms with Crippen LogP contribution in [0.1, 0.15) is 62.2 Å². The Kier molecular flexibility index (Phi) is 9.37. The third kappa shape index (κ3) is 7.88. The van der Waals surface area contributed by atoms with E-state index < -0.39 is 0 Å². The monoisotopic (exact) mass is 350 g/mol. The van der Waals surface area contributed by atoms with Crippen LogP contribution in [0.15, 0.2) is 24.3 Å². The molecular weight excluding hydrogens is 320 g/mol. The summed E-state index contributed by atoms with van der Waals surface area (Å²) in [6, 6.07) is 7.09. The summed E-state index contributed by atoms with van der Waals surface area (Å²) in [5.74, 6) is 0.487. The van der Waals surface area contributed by atoms with Crippen molar-refractivity contribution in [2.75, 3.05) is 26.4 Å². The van der Waals surface area contributed by atoms with E-state index in [4.69, 9.17) is 18.9 Å². The van der Waals surface area contributed by atoms with E-state index in [9.17, 15) is 4.79 Å². The normalized spacial score (nSPS) is 17.2. The lowest BCUT2D eigenvalue weighted by Gasteiger charge is -2.22. The first kappa shape index (κ1) is 19.7. The van der Waals surface area contributed by atoms with Gasteiger partial charge >= 0.3 is 5.97 Å². The number of rotatable bonds is 11. The number of hydrogen-bond acceptors (Lipinski definition) is 5. The predicted molar refractivity (Wildman–Crippen MR) is 95.9 cm³/mol. The molecule has 0 spiro atoms. The van der Waals surface area contributed by atoms with Crippen LogP contribution in [0.2, 0.25) is 0 Å². The van der Waals surface area contributed by atoms with Crippen LogP contribution >= 0.6 is 0 Å². The van der Waals surface area contributed by atoms with E-state index in [2.05, 4.69) is 0 Å². The minimum absolute atomic E-state index is 0.0228. The standard InChI is InChI=1S/C20H30O5/c1-2-22-20(21)17-10-12-18(13-11-17)23-14-6-3-4-7-15-24-19-9-5-8-16-25-19/h10-13,19H,2-9,14-16H2,1H3. The molecular formula is C20H30O5. The van der Waals surface area contributed by atoms with Crippen LogP contribution in [0, 0.1) is 0 Å². The maximum Gasteiger partial charge on any atom is 0.338 e. The lowest BCUT2D eigenvalue weighted by molar-refractivity contribution is -0.162. The number of hydrogen-bond donors (Lipinski definition) is 0. The van der Waals surface area contributed by atoms with Crippen molar-refractivity contribution in [1.82, 2.24) is 0 Å². The summed E-state index contributed by atoms with van der Waals surface area (Å²) in [6.07, 6.45) is 7.76. The molecule has 1 saturated heterocycles. The van der Waals surface area contributed by atoms with Crippen molar-refractivity contribution in [3.05, 3.63) is 29.8 Å². The van der Waals surface area contributed by atoms with Crippen molar-refractivity contribution in [3.8, 4) is 5.75 Å². The van der Waals surface area contributed by atoms with E-state index in [1.165, 1.54) is 6.42 Å². The Morgan fingerprint density at radius 2 is 1.84 bits per heavy atom. The zero-order chi connectivity index (χ0) is 17.7. The van der Waals surface area contributed by atoms with Gasteiger partial charge in [0.2, 0.25) is 0 Å². The summed E-state index contributed by atoms with van der Waals surface area (Å²) < 4.78 is 21.9. The smallest absolute Gasteiger partial charge is 0.338 e. The largest absolute Gasteiger partial charge is 0.494 e. The average Bonchev–Trinajstić information content (AvgIpc) is 2.65. The molecule has 2 rings (SSSR count). The topological polar surface area (TPSA) is 54.0 Å². The first-order valence-corrected chi connectivity index (χ1v) is 9.43. The van der Waals surface area contributed by atoms with Crippen molar-refractivity contribution < 1.29 is 23.7 Å². The summed E-state index contributed by atoms with van der Waals surface area (Å²) in [4.78, 5) is 11.6. The fourth-order valence-electron chi connectivity index (χ4n) is 2.71. The molecule has 0 bridgehead atoms. The molecule has 1 atom stereocenters. The van der Waals surface area contributed by atoms with Gasteiger partial charge in [0.25, 0.3) is 0 Å². The molecule has 1 aliphatic rings. The maximum absolute atomic E-state index is 11.6. The summed E-state index contributed by atoms with van der Waals surface area (Å²) in [5, 5.41) is 0. The second-order valence-corrected chi connectivity index (χ2v) is 6.17. The quantitative estimate of drug-likeness (QED) is 0.439. The third-order valence-corrected chi connectivity index (χ3v) is 4.11. The van der Waals surface area contributed by atoms with E-state index in [1.54, 1.807) is 19.1 Å². The Labute approximate surface area is 150 Å². The van der Waals surface area contributed by atoms with Gasteiger partial charge in [-0.25, -0.2) is 4.79 Å². The highest BCUT2D eigenvalue weighted by atomic mass is 16.7. The zero-order valence-electron chi connectivity index (χ0n) is 15.2. The molecule has 1 aliphatic heterocycles. The van der Waals surface area contributed by atoms with Gasteiger partial charge < -0.3 is 18.9 Å². The molecule has 1 aromatic carbocycles. The highest BCUT2D eigenvalue weighted by Gasteiger charge is 2.13. The molecule has 1 heterocycles. The molecule has 0 aliphatic carbocycles. The van der Waals surface area contributed by atoms with E-state index in [0.717, 1.165) is 57.5 Å². The van der Waals surface area contributed by atoms with E-state index in [0.29, 0.717) is 18.8 Å². The van der Waals surface area contributed by atoms with Crippen LogP contribution < -0.4 is 4.74 Å². The molecule has 0 amide bonds. The van der Waals surface area contributed by atoms with Gasteiger partial charge in [-0.3, -0.25) is 0 Å². The molecule has 1 fully saturated rings. The van der Waals surface area contributed by atoms with Crippen LogP contribution in [0.5, 0.6) is 5.75 Å². The van der Waals surface area contributed by atoms with Crippen LogP contribution in [0.3, 0.4) is 0 Å². The molecule has 0 saturated carbocycles. The van der Waals surface area contributed by atoms with Crippen molar-refractivity contribution >= 4 is 5.97 Å². The van der Waals surface area contributed by atoms with Crippen LogP contribution in [0.25, 0.3) is 0 Å². The van der Waals surface area contributed by atoms with Gasteiger partial charge in [-0.1, -0.05) is 6.42 Å². The van der Waals surface area contributed by atoms with Crippen LogP contribution in [-0.2, 0) is 14.2 Å². The molecule has 1 aromatic rings. The van der Waals surface area contributed by atoms with Crippen molar-refractivity contribution in [2.45, 2.75) is 58.2 Å². The fraction of sp³-hybridized carbons (Fsp3) is 0.650. The number of carbonyl (C=O) groups excluding carboxylic acids is 1. The molecule has 140 valence electrons. The van der Waals surface area contributed by atoms with Gasteiger partial charge in [0.05, 0.1) is 18.8 Å². The van der Waals surface area contributed by atoms with Crippen molar-refractivity contribution in [2.24, 2.45) is 0 Å². The first-order chi connectivity index (χ1) is 12.3. The van der Waals surface area contributed by atoms with Crippen LogP contribution in [0.4, 0.5) is 0 Å². The van der Waals surface area contributed by atoms with E-state index in [1.807, 2.05) is 12.1 Å². The fourth-order valence-corrected chi connectivity index (χ4v) is 2.71. The summed E-state index contributed by atoms with van der Waals surface area (Å²) >= 11 is 0. The van der Waals surface area contributed by atoms with E-state index >= 15 is 0 Å². The Morgan fingerprint density at radius 3 is 2.52 bits per heavy atom. The summed E-state index contributed by atoms with van der Waals surface area (Å²) in [6.45, 7) is 4.48. The van der Waals surface area contributed by atoms with Crippen molar-refractivity contribution in [3.63, 3.8) is 0 Å². The maximum atomic E-state index is 11.6. The van der Waals surface area contributed by atoms with Gasteiger partial charge in [0, 0.05) is 13.2 Å². The lowest BCUT2D eigenvalue weighted by Crippen LogP contribution is -2.22. The molecule has 5 nitrogen and oxygen atoms in total.